The van der Waals surface area contributed by atoms with E-state index in [0.29, 0.717) is 5.11 Å². The summed E-state index contributed by atoms with van der Waals surface area (Å²) in [5.74, 6) is -0.374. The summed E-state index contributed by atoms with van der Waals surface area (Å²) in [6.45, 7) is 4.85. The highest BCUT2D eigenvalue weighted by atomic mass is 32.1. The van der Waals surface area contributed by atoms with Crippen molar-refractivity contribution in [2.45, 2.75) is 26.3 Å². The molecule has 0 unspecified atom stereocenters. The molecule has 0 fully saturated rings. The van der Waals surface area contributed by atoms with Crippen molar-refractivity contribution in [1.29, 1.82) is 0 Å². The lowest BCUT2D eigenvalue weighted by Crippen LogP contribution is -2.48. The average Bonchev–Trinajstić information content (AvgIpc) is 2.36. The van der Waals surface area contributed by atoms with Crippen LogP contribution >= 0.6 is 12.2 Å². The molecule has 104 valence electrons. The van der Waals surface area contributed by atoms with Gasteiger partial charge in [0.25, 0.3) is 0 Å². The lowest BCUT2D eigenvalue weighted by atomic mass is 10.1. The molecule has 1 amide bonds. The third-order valence-electron chi connectivity index (χ3n) is 2.74. The summed E-state index contributed by atoms with van der Waals surface area (Å²) in [7, 11) is 0. The number of thiocarbonyl (C=S) groups is 1. The maximum absolute atomic E-state index is 11.0. The van der Waals surface area contributed by atoms with E-state index in [1.54, 1.807) is 4.90 Å². The largest absolute Gasteiger partial charge is 0.368 e. The van der Waals surface area contributed by atoms with E-state index >= 15 is 0 Å². The van der Waals surface area contributed by atoms with Gasteiger partial charge in [-0.1, -0.05) is 30.3 Å². The van der Waals surface area contributed by atoms with Gasteiger partial charge in [0.15, 0.2) is 5.11 Å². The van der Waals surface area contributed by atoms with E-state index in [1.807, 2.05) is 32.0 Å². The quantitative estimate of drug-likeness (QED) is 0.771. The fourth-order valence-electron chi connectivity index (χ4n) is 1.72. The molecule has 1 rings (SSSR count). The van der Waals surface area contributed by atoms with Crippen LogP contribution in [-0.4, -0.2) is 35.1 Å². The van der Waals surface area contributed by atoms with Crippen LogP contribution in [0.15, 0.2) is 30.3 Å². The van der Waals surface area contributed by atoms with Crippen molar-refractivity contribution in [3.05, 3.63) is 35.9 Å². The Morgan fingerprint density at radius 3 is 2.53 bits per heavy atom. The highest BCUT2D eigenvalue weighted by molar-refractivity contribution is 7.80. The third-order valence-corrected chi connectivity index (χ3v) is 3.12. The minimum absolute atomic E-state index is 0.143. The van der Waals surface area contributed by atoms with Crippen LogP contribution in [0.3, 0.4) is 0 Å². The van der Waals surface area contributed by atoms with Crippen LogP contribution < -0.4 is 11.1 Å². The number of hydrogen-bond acceptors (Lipinski definition) is 2. The number of nitrogens with one attached hydrogen (secondary N) is 1. The highest BCUT2D eigenvalue weighted by Crippen LogP contribution is 2.01. The molecule has 0 heterocycles. The molecule has 0 saturated heterocycles. The molecule has 1 aromatic rings. The summed E-state index contributed by atoms with van der Waals surface area (Å²) in [6, 6.07) is 10.3. The second-order valence-electron chi connectivity index (χ2n) is 4.66. The van der Waals surface area contributed by atoms with Gasteiger partial charge in [-0.2, -0.15) is 0 Å². The van der Waals surface area contributed by atoms with Gasteiger partial charge in [0.05, 0.1) is 6.54 Å². The molecule has 0 aromatic heterocycles. The van der Waals surface area contributed by atoms with Crippen LogP contribution in [0, 0.1) is 0 Å². The second-order valence-corrected chi connectivity index (χ2v) is 5.04. The fraction of sp³-hybridized carbons (Fsp3) is 0.429. The number of primary amides is 1. The Hall–Kier alpha value is -1.62. The van der Waals surface area contributed by atoms with Gasteiger partial charge >= 0.3 is 0 Å². The van der Waals surface area contributed by atoms with Crippen LogP contribution in [0.1, 0.15) is 19.4 Å². The van der Waals surface area contributed by atoms with Gasteiger partial charge in [-0.3, -0.25) is 4.79 Å². The summed E-state index contributed by atoms with van der Waals surface area (Å²) in [4.78, 5) is 12.8. The Labute approximate surface area is 120 Å². The Kier molecular flexibility index (Phi) is 6.29. The van der Waals surface area contributed by atoms with Crippen molar-refractivity contribution in [3.8, 4) is 0 Å². The molecule has 0 aliphatic carbocycles. The van der Waals surface area contributed by atoms with E-state index in [1.165, 1.54) is 5.56 Å². The molecular formula is C14H21N3OS. The number of nitrogens with two attached hydrogens (primary N) is 1. The van der Waals surface area contributed by atoms with Crippen molar-refractivity contribution in [2.24, 2.45) is 5.73 Å². The zero-order valence-electron chi connectivity index (χ0n) is 11.4. The molecule has 1 aromatic carbocycles. The fourth-order valence-corrected chi connectivity index (χ4v) is 2.09. The monoisotopic (exact) mass is 279 g/mol. The predicted molar refractivity (Wildman–Crippen MR) is 81.8 cm³/mol. The van der Waals surface area contributed by atoms with E-state index in [0.717, 1.165) is 13.0 Å². The van der Waals surface area contributed by atoms with E-state index in [2.05, 4.69) is 17.4 Å². The lowest BCUT2D eigenvalue weighted by Gasteiger charge is -2.28. The van der Waals surface area contributed by atoms with Gasteiger partial charge in [0.1, 0.15) is 0 Å². The van der Waals surface area contributed by atoms with Crippen molar-refractivity contribution in [3.63, 3.8) is 0 Å². The minimum Gasteiger partial charge on any atom is -0.368 e. The molecule has 5 heteroatoms. The molecule has 0 atom stereocenters. The molecule has 3 N–H and O–H groups in total. The Balaban J connectivity index is 2.42. The Morgan fingerprint density at radius 1 is 1.37 bits per heavy atom. The Bertz CT molecular complexity index is 420. The minimum atomic E-state index is -0.374. The van der Waals surface area contributed by atoms with Crippen LogP contribution in [0.25, 0.3) is 0 Å². The predicted octanol–water partition coefficient (Wildman–Crippen LogP) is 1.30. The summed E-state index contributed by atoms with van der Waals surface area (Å²) in [6.07, 6.45) is 0.892. The number of carbonyl (C=O) groups is 1. The molecule has 0 bridgehead atoms. The normalized spacial score (nSPS) is 10.3. The van der Waals surface area contributed by atoms with E-state index in [9.17, 15) is 4.79 Å². The molecular weight excluding hydrogens is 258 g/mol. The Morgan fingerprint density at radius 2 is 2.00 bits per heavy atom. The first-order chi connectivity index (χ1) is 9.00. The summed E-state index contributed by atoms with van der Waals surface area (Å²) < 4.78 is 0. The topological polar surface area (TPSA) is 58.4 Å². The van der Waals surface area contributed by atoms with E-state index in [4.69, 9.17) is 18.0 Å². The van der Waals surface area contributed by atoms with Gasteiger partial charge < -0.3 is 16.0 Å². The van der Waals surface area contributed by atoms with E-state index in [-0.39, 0.29) is 18.5 Å². The summed E-state index contributed by atoms with van der Waals surface area (Å²) >= 11 is 5.29. The van der Waals surface area contributed by atoms with Crippen molar-refractivity contribution in [1.82, 2.24) is 10.2 Å². The van der Waals surface area contributed by atoms with Crippen LogP contribution in [-0.2, 0) is 11.2 Å². The number of amides is 1. The van der Waals surface area contributed by atoms with Crippen molar-refractivity contribution < 1.29 is 4.79 Å². The molecule has 0 aliphatic heterocycles. The first-order valence-electron chi connectivity index (χ1n) is 6.37. The van der Waals surface area contributed by atoms with Crippen LogP contribution in [0.5, 0.6) is 0 Å². The number of benzene rings is 1. The zero-order valence-corrected chi connectivity index (χ0v) is 12.2. The maximum Gasteiger partial charge on any atom is 0.237 e. The van der Waals surface area contributed by atoms with Gasteiger partial charge in [-0.15, -0.1) is 0 Å². The summed E-state index contributed by atoms with van der Waals surface area (Å²) in [5.41, 5.74) is 6.47. The SMILES string of the molecule is CC(C)N(CC(N)=O)C(=S)NCCc1ccccc1. The van der Waals surface area contributed by atoms with Gasteiger partial charge in [-0.05, 0) is 38.0 Å². The number of rotatable bonds is 6. The van der Waals surface area contributed by atoms with Gasteiger partial charge in [0.2, 0.25) is 5.91 Å². The third kappa shape index (κ3) is 5.70. The molecule has 0 aliphatic rings. The van der Waals surface area contributed by atoms with Gasteiger partial charge in [-0.25, -0.2) is 0 Å². The van der Waals surface area contributed by atoms with Crippen molar-refractivity contribution >= 4 is 23.2 Å². The van der Waals surface area contributed by atoms with Gasteiger partial charge in [0, 0.05) is 12.6 Å². The van der Waals surface area contributed by atoms with Crippen LogP contribution in [0.4, 0.5) is 0 Å². The molecule has 0 saturated carbocycles. The highest BCUT2D eigenvalue weighted by Gasteiger charge is 2.15. The number of nitrogens with zero attached hydrogens (tertiary/aromatic N) is 1. The molecule has 0 spiro atoms. The molecule has 19 heavy (non-hydrogen) atoms. The number of carbonyl (C=O) groups excluding carboxylic acids is 1. The smallest absolute Gasteiger partial charge is 0.237 e. The standard InChI is InChI=1S/C14H21N3OS/c1-11(2)17(10-13(15)18)14(19)16-9-8-12-6-4-3-5-7-12/h3-7,11H,8-10H2,1-2H3,(H2,15,18)(H,16,19). The zero-order chi connectivity index (χ0) is 14.3. The first kappa shape index (κ1) is 15.4. The first-order valence-corrected chi connectivity index (χ1v) is 6.78. The van der Waals surface area contributed by atoms with Crippen LogP contribution in [0.2, 0.25) is 0 Å². The second kappa shape index (κ2) is 7.74. The maximum atomic E-state index is 11.0. The molecule has 0 radical (unpaired) electrons. The summed E-state index contributed by atoms with van der Waals surface area (Å²) in [5, 5.41) is 3.74. The molecule has 4 nitrogen and oxygen atoms in total. The number of hydrogen-bond donors (Lipinski definition) is 2. The van der Waals surface area contributed by atoms with E-state index < -0.39 is 0 Å². The van der Waals surface area contributed by atoms with Crippen molar-refractivity contribution in [2.75, 3.05) is 13.1 Å². The average molecular weight is 279 g/mol. The lowest BCUT2D eigenvalue weighted by molar-refractivity contribution is -0.118.